The van der Waals surface area contributed by atoms with Crippen LogP contribution in [0.15, 0.2) is 24.3 Å². The van der Waals surface area contributed by atoms with Gasteiger partial charge in [-0.15, -0.1) is 0 Å². The Hall–Kier alpha value is -0.930. The molecule has 0 aliphatic heterocycles. The minimum atomic E-state index is -0.405. The van der Waals surface area contributed by atoms with E-state index in [1.165, 1.54) is 25.3 Å². The maximum Gasteiger partial charge on any atom is 0.128 e. The van der Waals surface area contributed by atoms with Crippen molar-refractivity contribution in [2.24, 2.45) is 5.92 Å². The lowest BCUT2D eigenvalue weighted by atomic mass is 9.85. The molecule has 2 rings (SSSR count). The minimum absolute atomic E-state index is 0.233. The molecule has 1 atom stereocenters. The molecule has 18 heavy (non-hydrogen) atoms. The highest BCUT2D eigenvalue weighted by atomic mass is 19.1. The van der Waals surface area contributed by atoms with E-state index in [4.69, 9.17) is 4.74 Å². The van der Waals surface area contributed by atoms with E-state index in [-0.39, 0.29) is 12.4 Å². The molecule has 0 amide bonds. The number of aliphatic hydroxyl groups is 1. The zero-order valence-corrected chi connectivity index (χ0v) is 10.6. The smallest absolute Gasteiger partial charge is 0.128 e. The molecule has 0 radical (unpaired) electrons. The van der Waals surface area contributed by atoms with E-state index >= 15 is 0 Å². The van der Waals surface area contributed by atoms with Gasteiger partial charge < -0.3 is 9.84 Å². The molecule has 1 saturated carbocycles. The Bertz CT molecular complexity index is 361. The average Bonchev–Trinajstić information content (AvgIpc) is 2.42. The maximum atomic E-state index is 13.3. The Kier molecular flexibility index (Phi) is 5.14. The molecule has 1 aromatic carbocycles. The SMILES string of the molecule is OC(COCc1ccccc1F)C1CCCCC1. The predicted molar refractivity (Wildman–Crippen MR) is 68.6 cm³/mol. The Labute approximate surface area is 108 Å². The molecule has 1 unspecified atom stereocenters. The first-order valence-electron chi connectivity index (χ1n) is 6.76. The van der Waals surface area contributed by atoms with Crippen molar-refractivity contribution in [3.8, 4) is 0 Å². The Morgan fingerprint density at radius 1 is 1.22 bits per heavy atom. The van der Waals surface area contributed by atoms with Gasteiger partial charge in [0.15, 0.2) is 0 Å². The number of hydrogen-bond acceptors (Lipinski definition) is 2. The standard InChI is InChI=1S/C15H21FO2/c16-14-9-5-4-8-13(14)10-18-11-15(17)12-6-2-1-3-7-12/h4-5,8-9,12,15,17H,1-3,6-7,10-11H2. The van der Waals surface area contributed by atoms with Gasteiger partial charge in [0, 0.05) is 5.56 Å². The van der Waals surface area contributed by atoms with Crippen molar-refractivity contribution in [1.29, 1.82) is 0 Å². The summed E-state index contributed by atoms with van der Waals surface area (Å²) in [4.78, 5) is 0. The van der Waals surface area contributed by atoms with Crippen molar-refractivity contribution >= 4 is 0 Å². The zero-order chi connectivity index (χ0) is 12.8. The second-order valence-corrected chi connectivity index (χ2v) is 5.07. The van der Waals surface area contributed by atoms with Crippen molar-refractivity contribution in [2.75, 3.05) is 6.61 Å². The van der Waals surface area contributed by atoms with Crippen LogP contribution in [0.3, 0.4) is 0 Å². The summed E-state index contributed by atoms with van der Waals surface area (Å²) in [5.41, 5.74) is 0.549. The van der Waals surface area contributed by atoms with E-state index < -0.39 is 6.10 Å². The number of aliphatic hydroxyl groups excluding tert-OH is 1. The third-order valence-corrected chi connectivity index (χ3v) is 3.70. The monoisotopic (exact) mass is 252 g/mol. The molecule has 2 nitrogen and oxygen atoms in total. The minimum Gasteiger partial charge on any atom is -0.390 e. The molecule has 1 aromatic rings. The molecule has 0 heterocycles. The maximum absolute atomic E-state index is 13.3. The van der Waals surface area contributed by atoms with Gasteiger partial charge in [0.1, 0.15) is 5.82 Å². The molecular weight excluding hydrogens is 231 g/mol. The third kappa shape index (κ3) is 3.79. The van der Waals surface area contributed by atoms with Gasteiger partial charge in [-0.25, -0.2) is 4.39 Å². The fraction of sp³-hybridized carbons (Fsp3) is 0.600. The lowest BCUT2D eigenvalue weighted by molar-refractivity contribution is -0.0115. The van der Waals surface area contributed by atoms with Crippen LogP contribution in [0, 0.1) is 11.7 Å². The highest BCUT2D eigenvalue weighted by Gasteiger charge is 2.21. The molecule has 1 fully saturated rings. The van der Waals surface area contributed by atoms with Crippen molar-refractivity contribution in [3.63, 3.8) is 0 Å². The van der Waals surface area contributed by atoms with E-state index in [2.05, 4.69) is 0 Å². The summed E-state index contributed by atoms with van der Waals surface area (Å²) < 4.78 is 18.8. The first-order valence-corrected chi connectivity index (χ1v) is 6.76. The lowest BCUT2D eigenvalue weighted by Gasteiger charge is -2.26. The van der Waals surface area contributed by atoms with Crippen LogP contribution < -0.4 is 0 Å². The van der Waals surface area contributed by atoms with Gasteiger partial charge in [-0.05, 0) is 24.8 Å². The lowest BCUT2D eigenvalue weighted by Crippen LogP contribution is -2.27. The predicted octanol–water partition coefficient (Wildman–Crippen LogP) is 3.28. The summed E-state index contributed by atoms with van der Waals surface area (Å²) in [6.45, 7) is 0.537. The number of benzene rings is 1. The van der Waals surface area contributed by atoms with Crippen LogP contribution in [0.1, 0.15) is 37.7 Å². The Morgan fingerprint density at radius 2 is 1.94 bits per heavy atom. The van der Waals surface area contributed by atoms with Crippen LogP contribution in [0.4, 0.5) is 4.39 Å². The van der Waals surface area contributed by atoms with E-state index in [1.54, 1.807) is 18.2 Å². The summed E-state index contributed by atoms with van der Waals surface area (Å²) in [7, 11) is 0. The van der Waals surface area contributed by atoms with Gasteiger partial charge in [0.2, 0.25) is 0 Å². The average molecular weight is 252 g/mol. The molecule has 100 valence electrons. The van der Waals surface area contributed by atoms with Crippen molar-refractivity contribution < 1.29 is 14.2 Å². The molecule has 1 aliphatic carbocycles. The van der Waals surface area contributed by atoms with Crippen LogP contribution in [0.5, 0.6) is 0 Å². The third-order valence-electron chi connectivity index (χ3n) is 3.70. The van der Waals surface area contributed by atoms with Crippen LogP contribution in [0.2, 0.25) is 0 Å². The van der Waals surface area contributed by atoms with E-state index in [9.17, 15) is 9.50 Å². The van der Waals surface area contributed by atoms with Gasteiger partial charge in [0.25, 0.3) is 0 Å². The Balaban J connectivity index is 1.73. The number of halogens is 1. The fourth-order valence-corrected chi connectivity index (χ4v) is 2.56. The highest BCUT2D eigenvalue weighted by Crippen LogP contribution is 2.26. The second kappa shape index (κ2) is 6.86. The van der Waals surface area contributed by atoms with Gasteiger partial charge in [-0.1, -0.05) is 37.5 Å². The first kappa shape index (κ1) is 13.5. The van der Waals surface area contributed by atoms with E-state index in [1.807, 2.05) is 0 Å². The van der Waals surface area contributed by atoms with Crippen molar-refractivity contribution in [2.45, 2.75) is 44.8 Å². The molecule has 1 aliphatic rings. The molecule has 1 N–H and O–H groups in total. The number of rotatable bonds is 5. The first-order chi connectivity index (χ1) is 8.77. The van der Waals surface area contributed by atoms with Crippen LogP contribution >= 0.6 is 0 Å². The van der Waals surface area contributed by atoms with Crippen LogP contribution in [0.25, 0.3) is 0 Å². The molecule has 0 aromatic heterocycles. The van der Waals surface area contributed by atoms with E-state index in [0.29, 0.717) is 18.1 Å². The number of ether oxygens (including phenoxy) is 1. The van der Waals surface area contributed by atoms with Gasteiger partial charge in [-0.2, -0.15) is 0 Å². The Morgan fingerprint density at radius 3 is 2.67 bits per heavy atom. The summed E-state index contributed by atoms with van der Waals surface area (Å²) >= 11 is 0. The van der Waals surface area contributed by atoms with Crippen molar-refractivity contribution in [3.05, 3.63) is 35.6 Å². The fourth-order valence-electron chi connectivity index (χ4n) is 2.56. The normalized spacial score (nSPS) is 18.8. The molecular formula is C15H21FO2. The summed E-state index contributed by atoms with van der Waals surface area (Å²) in [5, 5.41) is 10.0. The highest BCUT2D eigenvalue weighted by molar-refractivity contribution is 5.16. The van der Waals surface area contributed by atoms with Gasteiger partial charge in [-0.3, -0.25) is 0 Å². The molecule has 3 heteroatoms. The quantitative estimate of drug-likeness (QED) is 0.871. The van der Waals surface area contributed by atoms with Crippen LogP contribution in [-0.4, -0.2) is 17.8 Å². The number of hydrogen-bond donors (Lipinski definition) is 1. The van der Waals surface area contributed by atoms with Gasteiger partial charge in [0.05, 0.1) is 19.3 Å². The molecule has 0 saturated heterocycles. The largest absolute Gasteiger partial charge is 0.390 e. The second-order valence-electron chi connectivity index (χ2n) is 5.07. The van der Waals surface area contributed by atoms with Crippen LogP contribution in [-0.2, 0) is 11.3 Å². The van der Waals surface area contributed by atoms with E-state index in [0.717, 1.165) is 12.8 Å². The molecule has 0 bridgehead atoms. The molecule has 0 spiro atoms. The summed E-state index contributed by atoms with van der Waals surface area (Å²) in [6, 6.07) is 6.59. The van der Waals surface area contributed by atoms with Gasteiger partial charge >= 0.3 is 0 Å². The summed E-state index contributed by atoms with van der Waals surface area (Å²) in [6.07, 6.45) is 5.45. The summed E-state index contributed by atoms with van der Waals surface area (Å²) in [5.74, 6) is 0.115. The topological polar surface area (TPSA) is 29.5 Å². The zero-order valence-electron chi connectivity index (χ0n) is 10.6. The van der Waals surface area contributed by atoms with Crippen molar-refractivity contribution in [1.82, 2.24) is 0 Å².